The standard InChI is InChI=1S/C31H30N6/c32-22-30-31(23-33)35-27(12-6-25-9-15-29(16-10-25)37-19-3-4-20-37)21-26(34-30)11-5-24-7-13-28(14-8-24)36-17-1-2-18-36/h5-16H,1-4,17-21H2/b11-5+,12-6+. The van der Waals surface area contributed by atoms with Gasteiger partial charge in [-0.3, -0.25) is 0 Å². The van der Waals surface area contributed by atoms with Crippen LogP contribution in [-0.2, 0) is 0 Å². The molecular weight excluding hydrogens is 456 g/mol. The van der Waals surface area contributed by atoms with E-state index in [1.807, 2.05) is 36.4 Å². The topological polar surface area (TPSA) is 78.8 Å². The third-order valence-corrected chi connectivity index (χ3v) is 6.97. The number of anilines is 2. The van der Waals surface area contributed by atoms with Gasteiger partial charge in [-0.05, 0) is 73.2 Å². The van der Waals surface area contributed by atoms with Gasteiger partial charge in [0.1, 0.15) is 12.1 Å². The Balaban J connectivity index is 1.32. The third kappa shape index (κ3) is 6.05. The second kappa shape index (κ2) is 11.5. The summed E-state index contributed by atoms with van der Waals surface area (Å²) in [5.41, 5.74) is 6.10. The maximum atomic E-state index is 9.58. The molecule has 0 amide bonds. The van der Waals surface area contributed by atoms with Gasteiger partial charge in [0.2, 0.25) is 0 Å². The van der Waals surface area contributed by atoms with Crippen LogP contribution in [0.3, 0.4) is 0 Å². The third-order valence-electron chi connectivity index (χ3n) is 6.97. The van der Waals surface area contributed by atoms with E-state index in [-0.39, 0.29) is 11.4 Å². The molecule has 5 rings (SSSR count). The maximum Gasteiger partial charge on any atom is 0.177 e. The first-order valence-electron chi connectivity index (χ1n) is 13.0. The van der Waals surface area contributed by atoms with E-state index in [0.717, 1.165) is 37.3 Å². The first-order chi connectivity index (χ1) is 18.2. The Morgan fingerprint density at radius 2 is 0.946 bits per heavy atom. The van der Waals surface area contributed by atoms with Crippen molar-refractivity contribution in [2.75, 3.05) is 36.0 Å². The molecule has 0 saturated carbocycles. The van der Waals surface area contributed by atoms with Crippen LogP contribution in [0, 0.1) is 22.7 Å². The predicted molar refractivity (Wildman–Crippen MR) is 152 cm³/mol. The molecule has 2 fully saturated rings. The van der Waals surface area contributed by atoms with Crippen LogP contribution in [0.2, 0.25) is 0 Å². The molecule has 0 spiro atoms. The lowest BCUT2D eigenvalue weighted by atomic mass is 10.1. The summed E-state index contributed by atoms with van der Waals surface area (Å²) in [5, 5.41) is 19.2. The highest BCUT2D eigenvalue weighted by Crippen LogP contribution is 2.23. The van der Waals surface area contributed by atoms with Crippen molar-refractivity contribution in [1.82, 2.24) is 0 Å². The van der Waals surface area contributed by atoms with E-state index in [9.17, 15) is 10.5 Å². The molecule has 6 heteroatoms. The second-order valence-corrected chi connectivity index (χ2v) is 9.54. The normalized spacial score (nSPS) is 18.2. The Kier molecular flexibility index (Phi) is 7.58. The van der Waals surface area contributed by atoms with Crippen molar-refractivity contribution in [2.45, 2.75) is 32.1 Å². The number of hydrogen-bond donors (Lipinski definition) is 0. The van der Waals surface area contributed by atoms with Crippen LogP contribution < -0.4 is 9.80 Å². The van der Waals surface area contributed by atoms with Crippen molar-refractivity contribution in [1.29, 1.82) is 10.5 Å². The fraction of sp³-hybridized carbons (Fsp3) is 0.290. The van der Waals surface area contributed by atoms with Crippen molar-refractivity contribution >= 4 is 35.0 Å². The zero-order chi connectivity index (χ0) is 25.5. The monoisotopic (exact) mass is 486 g/mol. The largest absolute Gasteiger partial charge is 0.372 e. The number of hydrogen-bond acceptors (Lipinski definition) is 6. The van der Waals surface area contributed by atoms with Gasteiger partial charge in [-0.25, -0.2) is 9.98 Å². The first-order valence-corrected chi connectivity index (χ1v) is 13.0. The van der Waals surface area contributed by atoms with E-state index in [2.05, 4.69) is 68.3 Å². The zero-order valence-corrected chi connectivity index (χ0v) is 21.0. The van der Waals surface area contributed by atoms with Crippen LogP contribution in [0.15, 0.2) is 82.1 Å². The minimum Gasteiger partial charge on any atom is -0.372 e. The zero-order valence-electron chi connectivity index (χ0n) is 21.0. The summed E-state index contributed by atoms with van der Waals surface area (Å²) in [6.07, 6.45) is 13.3. The molecule has 0 bridgehead atoms. The summed E-state index contributed by atoms with van der Waals surface area (Å²) in [5.74, 6) is 0. The van der Waals surface area contributed by atoms with E-state index in [1.165, 1.54) is 37.1 Å². The molecule has 3 aliphatic heterocycles. The molecule has 2 aromatic carbocycles. The molecule has 3 heterocycles. The van der Waals surface area contributed by atoms with Crippen LogP contribution >= 0.6 is 0 Å². The van der Waals surface area contributed by atoms with Crippen molar-refractivity contribution in [3.63, 3.8) is 0 Å². The molecule has 0 atom stereocenters. The van der Waals surface area contributed by atoms with Gasteiger partial charge in [0, 0.05) is 55.4 Å². The van der Waals surface area contributed by atoms with E-state index in [0.29, 0.717) is 17.8 Å². The second-order valence-electron chi connectivity index (χ2n) is 9.54. The summed E-state index contributed by atoms with van der Waals surface area (Å²) >= 11 is 0. The summed E-state index contributed by atoms with van der Waals surface area (Å²) in [4.78, 5) is 13.7. The fourth-order valence-corrected chi connectivity index (χ4v) is 4.93. The number of nitriles is 2. The molecule has 3 aliphatic rings. The van der Waals surface area contributed by atoms with Gasteiger partial charge in [0.05, 0.1) is 0 Å². The van der Waals surface area contributed by atoms with Crippen LogP contribution in [0.4, 0.5) is 11.4 Å². The van der Waals surface area contributed by atoms with E-state index >= 15 is 0 Å². The van der Waals surface area contributed by atoms with E-state index < -0.39 is 0 Å². The Hall–Kier alpha value is -4.42. The van der Waals surface area contributed by atoms with Gasteiger partial charge in [-0.1, -0.05) is 36.4 Å². The van der Waals surface area contributed by atoms with Gasteiger partial charge in [-0.2, -0.15) is 10.5 Å². The van der Waals surface area contributed by atoms with Gasteiger partial charge < -0.3 is 9.80 Å². The van der Waals surface area contributed by atoms with Crippen LogP contribution in [-0.4, -0.2) is 37.6 Å². The van der Waals surface area contributed by atoms with Gasteiger partial charge in [-0.15, -0.1) is 0 Å². The molecule has 0 aromatic heterocycles. The SMILES string of the molecule is N#CC1=C(C#N)N=C(/C=C/c2ccc(N3CCCC3)cc2)CC(/C=C/c2ccc(N3CCCC3)cc2)=N1. The highest BCUT2D eigenvalue weighted by Gasteiger charge is 2.15. The van der Waals surface area contributed by atoms with Crippen molar-refractivity contribution in [3.05, 3.63) is 83.2 Å². The van der Waals surface area contributed by atoms with Gasteiger partial charge in [0.25, 0.3) is 0 Å². The first kappa shape index (κ1) is 24.3. The molecule has 0 aliphatic carbocycles. The van der Waals surface area contributed by atoms with E-state index in [4.69, 9.17) is 0 Å². The molecule has 2 aromatic rings. The van der Waals surface area contributed by atoms with Gasteiger partial charge in [0.15, 0.2) is 11.4 Å². The molecule has 37 heavy (non-hydrogen) atoms. The Labute approximate surface area is 218 Å². The highest BCUT2D eigenvalue weighted by atomic mass is 15.1. The number of aliphatic imine (C=N–C) groups is 2. The van der Waals surface area contributed by atoms with E-state index in [1.54, 1.807) is 0 Å². The van der Waals surface area contributed by atoms with Crippen molar-refractivity contribution in [3.8, 4) is 12.1 Å². The average molecular weight is 487 g/mol. The summed E-state index contributed by atoms with van der Waals surface area (Å²) in [6, 6.07) is 21.1. The molecule has 184 valence electrons. The minimum absolute atomic E-state index is 0.0462. The average Bonchev–Trinajstić information content (AvgIpc) is 3.65. The Morgan fingerprint density at radius 1 is 0.568 bits per heavy atom. The van der Waals surface area contributed by atoms with Crippen LogP contribution in [0.1, 0.15) is 43.2 Å². The number of nitrogens with zero attached hydrogens (tertiary/aromatic N) is 6. The Morgan fingerprint density at radius 3 is 1.30 bits per heavy atom. The lowest BCUT2D eigenvalue weighted by Crippen LogP contribution is -2.17. The molecule has 0 N–H and O–H groups in total. The lowest BCUT2D eigenvalue weighted by Gasteiger charge is -2.17. The molecule has 6 nitrogen and oxygen atoms in total. The molecule has 0 unspecified atom stereocenters. The summed E-state index contributed by atoms with van der Waals surface area (Å²) < 4.78 is 0. The predicted octanol–water partition coefficient (Wildman–Crippen LogP) is 6.16. The molecular formula is C31H30N6. The molecule has 2 saturated heterocycles. The van der Waals surface area contributed by atoms with Gasteiger partial charge >= 0.3 is 0 Å². The number of allylic oxidation sites excluding steroid dienone is 4. The van der Waals surface area contributed by atoms with Crippen molar-refractivity contribution in [2.24, 2.45) is 9.98 Å². The number of rotatable bonds is 6. The maximum absolute atomic E-state index is 9.58. The summed E-state index contributed by atoms with van der Waals surface area (Å²) in [6.45, 7) is 4.48. The van der Waals surface area contributed by atoms with Crippen molar-refractivity contribution < 1.29 is 0 Å². The highest BCUT2D eigenvalue weighted by molar-refractivity contribution is 6.16. The quantitative estimate of drug-likeness (QED) is 0.490. The Bertz CT molecular complexity index is 1240. The van der Waals surface area contributed by atoms with Crippen LogP contribution in [0.5, 0.6) is 0 Å². The molecule has 0 radical (unpaired) electrons. The fourth-order valence-electron chi connectivity index (χ4n) is 4.93. The summed E-state index contributed by atoms with van der Waals surface area (Å²) in [7, 11) is 0. The minimum atomic E-state index is 0.0462. The lowest BCUT2D eigenvalue weighted by molar-refractivity contribution is 0.949. The van der Waals surface area contributed by atoms with Crippen LogP contribution in [0.25, 0.3) is 12.2 Å². The smallest absolute Gasteiger partial charge is 0.177 e. The number of benzene rings is 2.